The number of rotatable bonds is 3. The first-order chi connectivity index (χ1) is 9.60. The zero-order chi connectivity index (χ0) is 14.5. The van der Waals surface area contributed by atoms with Gasteiger partial charge in [0, 0.05) is 26.7 Å². The monoisotopic (exact) mass is 269 g/mol. The fourth-order valence-electron chi connectivity index (χ4n) is 1.73. The number of aryl methyl sites for hydroxylation is 1. The van der Waals surface area contributed by atoms with Gasteiger partial charge in [-0.05, 0) is 17.7 Å². The predicted octanol–water partition coefficient (Wildman–Crippen LogP) is 1.96. The molecule has 20 heavy (non-hydrogen) atoms. The summed E-state index contributed by atoms with van der Waals surface area (Å²) in [4.78, 5) is 13.6. The zero-order valence-electron chi connectivity index (χ0n) is 11.4. The number of carbonyl (C=O) groups is 1. The summed E-state index contributed by atoms with van der Waals surface area (Å²) in [7, 11) is 3.47. The van der Waals surface area contributed by atoms with Gasteiger partial charge in [-0.15, -0.1) is 0 Å². The molecule has 2 rings (SSSR count). The molecule has 6 nitrogen and oxygen atoms in total. The van der Waals surface area contributed by atoms with Gasteiger partial charge in [0.25, 0.3) is 0 Å². The fourth-order valence-corrected chi connectivity index (χ4v) is 1.73. The second kappa shape index (κ2) is 5.89. The topological polar surface area (TPSA) is 74.0 Å². The number of aromatic nitrogens is 2. The largest absolute Gasteiger partial charge is 0.323 e. The van der Waals surface area contributed by atoms with E-state index in [1.807, 2.05) is 12.1 Å². The number of hydrogen-bond acceptors (Lipinski definition) is 3. The maximum absolute atomic E-state index is 12.0. The lowest BCUT2D eigenvalue weighted by Gasteiger charge is -2.18. The first-order valence-corrected chi connectivity index (χ1v) is 6.09. The van der Waals surface area contributed by atoms with Gasteiger partial charge in [0.15, 0.2) is 0 Å². The summed E-state index contributed by atoms with van der Waals surface area (Å²) in [5, 5.41) is 15.5. The average Bonchev–Trinajstić information content (AvgIpc) is 2.85. The molecule has 0 aliphatic rings. The van der Waals surface area contributed by atoms with E-state index in [4.69, 9.17) is 5.26 Å². The minimum Gasteiger partial charge on any atom is -0.323 e. The molecule has 0 aliphatic carbocycles. The molecule has 0 aliphatic heterocycles. The Balaban J connectivity index is 1.97. The van der Waals surface area contributed by atoms with Crippen molar-refractivity contribution < 1.29 is 4.79 Å². The van der Waals surface area contributed by atoms with Crippen molar-refractivity contribution in [3.63, 3.8) is 0 Å². The van der Waals surface area contributed by atoms with Gasteiger partial charge in [0.2, 0.25) is 0 Å². The number of hydrogen-bond donors (Lipinski definition) is 1. The van der Waals surface area contributed by atoms with Gasteiger partial charge >= 0.3 is 6.03 Å². The van der Waals surface area contributed by atoms with Crippen molar-refractivity contribution in [2.24, 2.45) is 7.05 Å². The number of nitrogens with one attached hydrogen (secondary N) is 1. The summed E-state index contributed by atoms with van der Waals surface area (Å²) in [6.45, 7) is 0.468. The third kappa shape index (κ3) is 3.14. The molecule has 0 saturated carbocycles. The molecule has 1 aromatic heterocycles. The summed E-state index contributed by atoms with van der Waals surface area (Å²) < 4.78 is 1.59. The lowest BCUT2D eigenvalue weighted by molar-refractivity contribution is 0.220. The van der Waals surface area contributed by atoms with Crippen LogP contribution in [0.4, 0.5) is 10.6 Å². The van der Waals surface area contributed by atoms with E-state index in [1.165, 1.54) is 0 Å². The maximum Gasteiger partial charge on any atom is 0.323 e. The Morgan fingerprint density at radius 2 is 2.10 bits per heavy atom. The van der Waals surface area contributed by atoms with Crippen LogP contribution in [0.15, 0.2) is 36.5 Å². The van der Waals surface area contributed by atoms with Crippen molar-refractivity contribution >= 4 is 11.8 Å². The summed E-state index contributed by atoms with van der Waals surface area (Å²) >= 11 is 0. The predicted molar refractivity (Wildman–Crippen MR) is 74.9 cm³/mol. The molecule has 0 radical (unpaired) electrons. The summed E-state index contributed by atoms with van der Waals surface area (Å²) in [6.07, 6.45) is 1.62. The summed E-state index contributed by atoms with van der Waals surface area (Å²) in [5.41, 5.74) is 1.57. The molecule has 0 atom stereocenters. The molecular weight excluding hydrogens is 254 g/mol. The third-order valence-corrected chi connectivity index (χ3v) is 2.91. The van der Waals surface area contributed by atoms with E-state index in [0.29, 0.717) is 17.9 Å². The molecule has 1 heterocycles. The highest BCUT2D eigenvalue weighted by atomic mass is 16.2. The van der Waals surface area contributed by atoms with E-state index >= 15 is 0 Å². The van der Waals surface area contributed by atoms with Crippen LogP contribution in [0.5, 0.6) is 0 Å². The SMILES string of the molecule is CN(Cc1ccc(C#N)cc1)C(=O)Nc1ccnn1C. The number of urea groups is 1. The quantitative estimate of drug-likeness (QED) is 0.925. The Morgan fingerprint density at radius 3 is 2.65 bits per heavy atom. The van der Waals surface area contributed by atoms with Crippen molar-refractivity contribution in [1.82, 2.24) is 14.7 Å². The van der Waals surface area contributed by atoms with Gasteiger partial charge in [0.05, 0.1) is 17.8 Å². The van der Waals surface area contributed by atoms with Crippen LogP contribution >= 0.6 is 0 Å². The molecule has 102 valence electrons. The Labute approximate surface area is 117 Å². The molecule has 0 unspecified atom stereocenters. The lowest BCUT2D eigenvalue weighted by Crippen LogP contribution is -2.31. The van der Waals surface area contributed by atoms with E-state index in [0.717, 1.165) is 5.56 Å². The van der Waals surface area contributed by atoms with Crippen LogP contribution in [0.2, 0.25) is 0 Å². The molecule has 1 N–H and O–H groups in total. The van der Waals surface area contributed by atoms with Crippen LogP contribution in [0.1, 0.15) is 11.1 Å². The minimum absolute atomic E-state index is 0.210. The Kier molecular flexibility index (Phi) is 4.01. The van der Waals surface area contributed by atoms with Crippen LogP contribution in [0, 0.1) is 11.3 Å². The molecule has 6 heteroatoms. The first kappa shape index (κ1) is 13.6. The van der Waals surface area contributed by atoms with Gasteiger partial charge in [-0.25, -0.2) is 4.79 Å². The molecule has 2 amide bonds. The molecule has 0 saturated heterocycles. The normalized spacial score (nSPS) is 9.85. The molecule has 1 aromatic carbocycles. The molecule has 0 bridgehead atoms. The number of anilines is 1. The Bertz CT molecular complexity index is 638. The highest BCUT2D eigenvalue weighted by molar-refractivity contribution is 5.88. The van der Waals surface area contributed by atoms with Crippen LogP contribution in [0.3, 0.4) is 0 Å². The van der Waals surface area contributed by atoms with Gasteiger partial charge < -0.3 is 4.90 Å². The van der Waals surface area contributed by atoms with E-state index in [9.17, 15) is 4.79 Å². The van der Waals surface area contributed by atoms with E-state index in [2.05, 4.69) is 16.5 Å². The molecule has 0 spiro atoms. The van der Waals surface area contributed by atoms with Crippen molar-refractivity contribution in [1.29, 1.82) is 5.26 Å². The van der Waals surface area contributed by atoms with Gasteiger partial charge in [-0.1, -0.05) is 12.1 Å². The van der Waals surface area contributed by atoms with E-state index in [1.54, 1.807) is 48.1 Å². The van der Waals surface area contributed by atoms with Crippen LogP contribution < -0.4 is 5.32 Å². The fraction of sp³-hybridized carbons (Fsp3) is 0.214. The Morgan fingerprint density at radius 1 is 1.40 bits per heavy atom. The first-order valence-electron chi connectivity index (χ1n) is 6.09. The second-order valence-electron chi connectivity index (χ2n) is 4.43. The van der Waals surface area contributed by atoms with E-state index < -0.39 is 0 Å². The second-order valence-corrected chi connectivity index (χ2v) is 4.43. The van der Waals surface area contributed by atoms with Crippen molar-refractivity contribution in [2.45, 2.75) is 6.54 Å². The number of benzene rings is 1. The third-order valence-electron chi connectivity index (χ3n) is 2.91. The van der Waals surface area contributed by atoms with Crippen LogP contribution in [0.25, 0.3) is 0 Å². The Hall–Kier alpha value is -2.81. The highest BCUT2D eigenvalue weighted by Gasteiger charge is 2.11. The average molecular weight is 269 g/mol. The van der Waals surface area contributed by atoms with Crippen LogP contribution in [-0.2, 0) is 13.6 Å². The highest BCUT2D eigenvalue weighted by Crippen LogP contribution is 2.09. The van der Waals surface area contributed by atoms with Crippen molar-refractivity contribution in [3.8, 4) is 6.07 Å². The minimum atomic E-state index is -0.210. The number of carbonyl (C=O) groups excluding carboxylic acids is 1. The van der Waals surface area contributed by atoms with Crippen molar-refractivity contribution in [3.05, 3.63) is 47.7 Å². The van der Waals surface area contributed by atoms with Crippen molar-refractivity contribution in [2.75, 3.05) is 12.4 Å². The maximum atomic E-state index is 12.0. The molecule has 0 fully saturated rings. The molecule has 2 aromatic rings. The zero-order valence-corrected chi connectivity index (χ0v) is 11.4. The van der Waals surface area contributed by atoms with Crippen LogP contribution in [-0.4, -0.2) is 27.8 Å². The van der Waals surface area contributed by atoms with Gasteiger partial charge in [-0.2, -0.15) is 10.4 Å². The summed E-state index contributed by atoms with van der Waals surface area (Å²) in [5.74, 6) is 0.640. The number of amides is 2. The standard InChI is InChI=1S/C14H15N5O/c1-18(10-12-5-3-11(9-15)4-6-12)14(20)17-13-7-8-16-19(13)2/h3-8H,10H2,1-2H3,(H,17,20). The molecular formula is C14H15N5O. The lowest BCUT2D eigenvalue weighted by atomic mass is 10.1. The van der Waals surface area contributed by atoms with Gasteiger partial charge in [0.1, 0.15) is 5.82 Å². The smallest absolute Gasteiger partial charge is 0.323 e. The number of nitriles is 1. The van der Waals surface area contributed by atoms with Gasteiger partial charge in [-0.3, -0.25) is 10.00 Å². The summed E-state index contributed by atoms with van der Waals surface area (Å²) in [6, 6.07) is 10.7. The van der Waals surface area contributed by atoms with E-state index in [-0.39, 0.29) is 6.03 Å². The number of nitrogens with zero attached hydrogens (tertiary/aromatic N) is 4.